The van der Waals surface area contributed by atoms with E-state index in [4.69, 9.17) is 9.84 Å². The van der Waals surface area contributed by atoms with Gasteiger partial charge in [-0.05, 0) is 11.6 Å². The van der Waals surface area contributed by atoms with Crippen molar-refractivity contribution in [3.63, 3.8) is 0 Å². The molecule has 0 unspecified atom stereocenters. The van der Waals surface area contributed by atoms with E-state index < -0.39 is 0 Å². The zero-order chi connectivity index (χ0) is 12.8. The van der Waals surface area contributed by atoms with Crippen LogP contribution < -0.4 is 10.1 Å². The molecule has 0 saturated heterocycles. The predicted molar refractivity (Wildman–Crippen MR) is 66.1 cm³/mol. The minimum atomic E-state index is -0.167. The summed E-state index contributed by atoms with van der Waals surface area (Å²) in [5.74, 6) is 1.65. The van der Waals surface area contributed by atoms with Crippen molar-refractivity contribution in [2.24, 2.45) is 0 Å². The lowest BCUT2D eigenvalue weighted by atomic mass is 10.3. The van der Waals surface area contributed by atoms with E-state index in [9.17, 15) is 0 Å². The van der Waals surface area contributed by atoms with Gasteiger partial charge in [0, 0.05) is 25.0 Å². The molecule has 6 nitrogen and oxygen atoms in total. The van der Waals surface area contributed by atoms with Gasteiger partial charge in [0.25, 0.3) is 0 Å². The number of aliphatic hydroxyl groups excluding tert-OH is 1. The fraction of sp³-hybridized carbons (Fsp3) is 0.250. The lowest BCUT2D eigenvalue weighted by molar-refractivity contribution is 0.271. The summed E-state index contributed by atoms with van der Waals surface area (Å²) in [5.41, 5.74) is 1.01. The van der Waals surface area contributed by atoms with Crippen molar-refractivity contribution < 1.29 is 9.84 Å². The number of nitrogens with one attached hydrogen (secondary N) is 1. The van der Waals surface area contributed by atoms with E-state index in [1.807, 2.05) is 6.07 Å². The van der Waals surface area contributed by atoms with Crippen LogP contribution in [-0.4, -0.2) is 27.2 Å². The van der Waals surface area contributed by atoms with Gasteiger partial charge < -0.3 is 15.2 Å². The number of pyridine rings is 1. The van der Waals surface area contributed by atoms with E-state index in [2.05, 4.69) is 20.3 Å². The highest BCUT2D eigenvalue weighted by Gasteiger charge is 1.99. The third-order valence-electron chi connectivity index (χ3n) is 2.33. The monoisotopic (exact) mass is 246 g/mol. The van der Waals surface area contributed by atoms with E-state index >= 15 is 0 Å². The number of anilines is 1. The van der Waals surface area contributed by atoms with Gasteiger partial charge in [-0.3, -0.25) is 0 Å². The summed E-state index contributed by atoms with van der Waals surface area (Å²) in [6.07, 6.45) is 3.34. The Balaban J connectivity index is 1.97. The van der Waals surface area contributed by atoms with Gasteiger partial charge in [0.1, 0.15) is 12.4 Å². The molecule has 2 aromatic heterocycles. The first-order valence-corrected chi connectivity index (χ1v) is 5.47. The molecule has 0 amide bonds. The van der Waals surface area contributed by atoms with Crippen LogP contribution in [0, 0.1) is 0 Å². The molecule has 0 atom stereocenters. The molecule has 0 radical (unpaired) electrons. The maximum absolute atomic E-state index is 8.93. The Hall–Kier alpha value is -2.21. The third-order valence-corrected chi connectivity index (χ3v) is 2.33. The predicted octanol–water partition coefficient (Wildman–Crippen LogP) is 0.985. The van der Waals surface area contributed by atoms with Gasteiger partial charge >= 0.3 is 0 Å². The molecule has 0 aliphatic heterocycles. The molecular weight excluding hydrogens is 232 g/mol. The molecule has 18 heavy (non-hydrogen) atoms. The summed E-state index contributed by atoms with van der Waals surface area (Å²) in [6, 6.07) is 5.47. The first-order valence-electron chi connectivity index (χ1n) is 5.47. The highest BCUT2D eigenvalue weighted by Crippen LogP contribution is 2.09. The number of hydrogen-bond acceptors (Lipinski definition) is 6. The van der Waals surface area contributed by atoms with Gasteiger partial charge in [-0.1, -0.05) is 6.07 Å². The van der Waals surface area contributed by atoms with Crippen molar-refractivity contribution in [3.05, 3.63) is 42.0 Å². The van der Waals surface area contributed by atoms with Gasteiger partial charge in [0.15, 0.2) is 5.82 Å². The fourth-order valence-corrected chi connectivity index (χ4v) is 1.40. The highest BCUT2D eigenvalue weighted by atomic mass is 16.5. The summed E-state index contributed by atoms with van der Waals surface area (Å²) in [5, 5.41) is 12.1. The molecule has 2 N–H and O–H groups in total. The molecule has 0 bridgehead atoms. The first-order chi connectivity index (χ1) is 8.81. The average molecular weight is 246 g/mol. The quantitative estimate of drug-likeness (QED) is 0.818. The maximum Gasteiger partial charge on any atom is 0.212 e. The number of aromatic nitrogens is 3. The topological polar surface area (TPSA) is 80.2 Å². The van der Waals surface area contributed by atoms with Gasteiger partial charge in [0.05, 0.1) is 7.11 Å². The van der Waals surface area contributed by atoms with Crippen LogP contribution in [0.2, 0.25) is 0 Å². The summed E-state index contributed by atoms with van der Waals surface area (Å²) in [6.45, 7) is 0.429. The van der Waals surface area contributed by atoms with Crippen LogP contribution in [0.25, 0.3) is 0 Å². The zero-order valence-electron chi connectivity index (χ0n) is 10.00. The van der Waals surface area contributed by atoms with Crippen molar-refractivity contribution in [1.29, 1.82) is 0 Å². The van der Waals surface area contributed by atoms with Crippen LogP contribution in [-0.2, 0) is 13.2 Å². The Bertz CT molecular complexity index is 502. The molecule has 0 aliphatic rings. The molecule has 6 heteroatoms. The summed E-state index contributed by atoms with van der Waals surface area (Å²) in [7, 11) is 1.58. The SMILES string of the molecule is COc1ccc(CNc2ccnc(CO)n2)cn1. The molecule has 2 rings (SSSR count). The van der Waals surface area contributed by atoms with Crippen LogP contribution >= 0.6 is 0 Å². The van der Waals surface area contributed by atoms with Gasteiger partial charge in [-0.25, -0.2) is 15.0 Å². The van der Waals surface area contributed by atoms with Crippen molar-refractivity contribution >= 4 is 5.82 Å². The largest absolute Gasteiger partial charge is 0.481 e. The summed E-state index contributed by atoms with van der Waals surface area (Å²) >= 11 is 0. The van der Waals surface area contributed by atoms with Crippen LogP contribution in [0.3, 0.4) is 0 Å². The summed E-state index contributed by atoms with van der Waals surface area (Å²) in [4.78, 5) is 12.1. The van der Waals surface area contributed by atoms with E-state index in [-0.39, 0.29) is 6.61 Å². The minimum absolute atomic E-state index is 0.167. The Morgan fingerprint density at radius 2 is 2.17 bits per heavy atom. The lowest BCUT2D eigenvalue weighted by Gasteiger charge is -2.06. The van der Waals surface area contributed by atoms with Crippen LogP contribution in [0.5, 0.6) is 5.88 Å². The van der Waals surface area contributed by atoms with E-state index in [1.165, 1.54) is 0 Å². The van der Waals surface area contributed by atoms with Crippen molar-refractivity contribution in [1.82, 2.24) is 15.0 Å². The van der Waals surface area contributed by atoms with E-state index in [0.717, 1.165) is 5.56 Å². The molecular formula is C12H14N4O2. The number of hydrogen-bond donors (Lipinski definition) is 2. The highest BCUT2D eigenvalue weighted by molar-refractivity contribution is 5.34. The number of nitrogens with zero attached hydrogens (tertiary/aromatic N) is 3. The molecule has 0 fully saturated rings. The van der Waals surface area contributed by atoms with Gasteiger partial charge in [-0.15, -0.1) is 0 Å². The average Bonchev–Trinajstić information content (AvgIpc) is 2.46. The Morgan fingerprint density at radius 1 is 1.28 bits per heavy atom. The fourth-order valence-electron chi connectivity index (χ4n) is 1.40. The molecule has 94 valence electrons. The van der Waals surface area contributed by atoms with Gasteiger partial charge in [0.2, 0.25) is 5.88 Å². The molecule has 0 aliphatic carbocycles. The second-order valence-electron chi connectivity index (χ2n) is 3.58. The van der Waals surface area contributed by atoms with Crippen molar-refractivity contribution in [2.75, 3.05) is 12.4 Å². The maximum atomic E-state index is 8.93. The lowest BCUT2D eigenvalue weighted by Crippen LogP contribution is -2.04. The zero-order valence-corrected chi connectivity index (χ0v) is 10.00. The minimum Gasteiger partial charge on any atom is -0.481 e. The van der Waals surface area contributed by atoms with Crippen LogP contribution in [0.4, 0.5) is 5.82 Å². The number of ether oxygens (including phenoxy) is 1. The van der Waals surface area contributed by atoms with Gasteiger partial charge in [-0.2, -0.15) is 0 Å². The van der Waals surface area contributed by atoms with Crippen molar-refractivity contribution in [2.45, 2.75) is 13.2 Å². The summed E-state index contributed by atoms with van der Waals surface area (Å²) < 4.78 is 4.98. The molecule has 2 heterocycles. The Morgan fingerprint density at radius 3 is 2.83 bits per heavy atom. The van der Waals surface area contributed by atoms with E-state index in [0.29, 0.717) is 24.1 Å². The Labute approximate surface area is 105 Å². The van der Waals surface area contributed by atoms with E-state index in [1.54, 1.807) is 31.6 Å². The molecule has 2 aromatic rings. The first kappa shape index (κ1) is 12.3. The normalized spacial score (nSPS) is 10.1. The Kier molecular flexibility index (Phi) is 4.03. The van der Waals surface area contributed by atoms with Crippen LogP contribution in [0.15, 0.2) is 30.6 Å². The molecule has 0 aromatic carbocycles. The van der Waals surface area contributed by atoms with Crippen LogP contribution in [0.1, 0.15) is 11.4 Å². The standard InChI is InChI=1S/C12H14N4O2/c1-18-12-3-2-9(7-15-12)6-14-10-4-5-13-11(8-17)16-10/h2-5,7,17H,6,8H2,1H3,(H,13,14,16). The smallest absolute Gasteiger partial charge is 0.212 e. The third kappa shape index (κ3) is 3.14. The van der Waals surface area contributed by atoms with Crippen molar-refractivity contribution in [3.8, 4) is 5.88 Å². The molecule has 0 saturated carbocycles. The number of methoxy groups -OCH3 is 1. The number of aliphatic hydroxyl groups is 1. The molecule has 0 spiro atoms. The second-order valence-corrected chi connectivity index (χ2v) is 3.58. The second kappa shape index (κ2) is 5.92. The number of rotatable bonds is 5.